The largest absolute Gasteiger partial charge is 0.494 e. The number of methoxy groups -OCH3 is 1. The van der Waals surface area contributed by atoms with E-state index < -0.39 is 0 Å². The highest BCUT2D eigenvalue weighted by molar-refractivity contribution is 5.50. The van der Waals surface area contributed by atoms with Crippen molar-refractivity contribution >= 4 is 5.69 Å². The van der Waals surface area contributed by atoms with E-state index in [0.29, 0.717) is 23.6 Å². The summed E-state index contributed by atoms with van der Waals surface area (Å²) in [6.45, 7) is 1.99. The second-order valence-electron chi connectivity index (χ2n) is 5.92. The molecule has 2 atom stereocenters. The lowest BCUT2D eigenvalue weighted by atomic mass is 9.75. The van der Waals surface area contributed by atoms with Gasteiger partial charge in [-0.2, -0.15) is 0 Å². The molecule has 1 saturated heterocycles. The molecule has 104 valence electrons. The number of anilines is 1. The number of nitrogens with zero attached hydrogens (tertiary/aromatic N) is 1. The van der Waals surface area contributed by atoms with Crippen LogP contribution in [-0.2, 0) is 0 Å². The predicted octanol–water partition coefficient (Wildman–Crippen LogP) is 2.40. The minimum absolute atomic E-state index is 0.285. The fourth-order valence-corrected chi connectivity index (χ4v) is 3.68. The van der Waals surface area contributed by atoms with Gasteiger partial charge in [-0.05, 0) is 43.2 Å². The zero-order chi connectivity index (χ0) is 13.4. The van der Waals surface area contributed by atoms with Gasteiger partial charge in [-0.3, -0.25) is 0 Å². The number of ether oxygens (including phenoxy) is 1. The fourth-order valence-electron chi connectivity index (χ4n) is 3.68. The highest BCUT2D eigenvalue weighted by Crippen LogP contribution is 2.36. The van der Waals surface area contributed by atoms with Crippen LogP contribution < -0.4 is 15.4 Å². The van der Waals surface area contributed by atoms with Crippen LogP contribution in [0.2, 0.25) is 0 Å². The Morgan fingerprint density at radius 3 is 2.47 bits per heavy atom. The standard InChI is InChI=1S/C15H21FN2O/c1-19-15-3-2-13(7-14(15)16)18-8-10-4-11(9-18)6-12(17)5-10/h2-3,7,10-12H,4-6,8-9,17H2,1H3. The summed E-state index contributed by atoms with van der Waals surface area (Å²) in [4.78, 5) is 2.30. The maximum absolute atomic E-state index is 13.8. The van der Waals surface area contributed by atoms with E-state index in [2.05, 4.69) is 4.90 Å². The molecule has 1 aliphatic heterocycles. The molecule has 2 unspecified atom stereocenters. The van der Waals surface area contributed by atoms with Gasteiger partial charge in [0.05, 0.1) is 7.11 Å². The molecule has 3 nitrogen and oxygen atoms in total. The molecule has 0 amide bonds. The Hall–Kier alpha value is -1.29. The molecular weight excluding hydrogens is 243 g/mol. The molecule has 0 radical (unpaired) electrons. The van der Waals surface area contributed by atoms with Crippen LogP contribution in [0.4, 0.5) is 10.1 Å². The monoisotopic (exact) mass is 264 g/mol. The average molecular weight is 264 g/mol. The molecule has 3 rings (SSSR count). The van der Waals surface area contributed by atoms with E-state index in [9.17, 15) is 4.39 Å². The van der Waals surface area contributed by atoms with E-state index in [0.717, 1.165) is 31.6 Å². The number of benzene rings is 1. The molecule has 2 bridgehead atoms. The quantitative estimate of drug-likeness (QED) is 0.891. The predicted molar refractivity (Wildman–Crippen MR) is 74.0 cm³/mol. The first-order chi connectivity index (χ1) is 9.15. The number of piperidine rings is 1. The van der Waals surface area contributed by atoms with Crippen LogP contribution >= 0.6 is 0 Å². The van der Waals surface area contributed by atoms with E-state index >= 15 is 0 Å². The molecule has 2 aliphatic rings. The second-order valence-corrected chi connectivity index (χ2v) is 5.92. The van der Waals surface area contributed by atoms with Gasteiger partial charge in [0.15, 0.2) is 11.6 Å². The first-order valence-corrected chi connectivity index (χ1v) is 6.99. The number of fused-ring (bicyclic) bond motifs is 2. The molecule has 1 heterocycles. The molecular formula is C15H21FN2O. The van der Waals surface area contributed by atoms with Crippen molar-refractivity contribution < 1.29 is 9.13 Å². The number of hydrogen-bond acceptors (Lipinski definition) is 3. The van der Waals surface area contributed by atoms with E-state index in [-0.39, 0.29) is 5.82 Å². The van der Waals surface area contributed by atoms with Crippen molar-refractivity contribution in [3.8, 4) is 5.75 Å². The van der Waals surface area contributed by atoms with Crippen molar-refractivity contribution in [3.05, 3.63) is 24.0 Å². The first kappa shape index (κ1) is 12.7. The Morgan fingerprint density at radius 2 is 1.89 bits per heavy atom. The summed E-state index contributed by atoms with van der Waals surface area (Å²) in [7, 11) is 1.49. The van der Waals surface area contributed by atoms with Crippen LogP contribution in [-0.4, -0.2) is 26.2 Å². The lowest BCUT2D eigenvalue weighted by molar-refractivity contribution is 0.208. The van der Waals surface area contributed by atoms with Crippen LogP contribution in [0.5, 0.6) is 5.75 Å². The van der Waals surface area contributed by atoms with Gasteiger partial charge in [0.25, 0.3) is 0 Å². The van der Waals surface area contributed by atoms with Gasteiger partial charge >= 0.3 is 0 Å². The maximum Gasteiger partial charge on any atom is 0.167 e. The Bertz CT molecular complexity index is 447. The molecule has 0 spiro atoms. The van der Waals surface area contributed by atoms with Gasteiger partial charge in [0.1, 0.15) is 0 Å². The second kappa shape index (κ2) is 5.00. The molecule has 0 aromatic heterocycles. The van der Waals surface area contributed by atoms with Crippen LogP contribution in [0, 0.1) is 17.7 Å². The highest BCUT2D eigenvalue weighted by atomic mass is 19.1. The van der Waals surface area contributed by atoms with Crippen LogP contribution in [0.15, 0.2) is 18.2 Å². The van der Waals surface area contributed by atoms with Crippen molar-refractivity contribution in [2.24, 2.45) is 17.6 Å². The molecule has 1 aromatic rings. The van der Waals surface area contributed by atoms with Crippen molar-refractivity contribution in [1.29, 1.82) is 0 Å². The first-order valence-electron chi connectivity index (χ1n) is 6.99. The number of hydrogen-bond donors (Lipinski definition) is 1. The fraction of sp³-hybridized carbons (Fsp3) is 0.600. The van der Waals surface area contributed by atoms with Gasteiger partial charge < -0.3 is 15.4 Å². The molecule has 1 saturated carbocycles. The summed E-state index contributed by atoms with van der Waals surface area (Å²) in [5.74, 6) is 1.34. The van der Waals surface area contributed by atoms with E-state index in [1.807, 2.05) is 6.07 Å². The van der Waals surface area contributed by atoms with E-state index in [4.69, 9.17) is 10.5 Å². The molecule has 2 N–H and O–H groups in total. The van der Waals surface area contributed by atoms with E-state index in [1.54, 1.807) is 12.1 Å². The van der Waals surface area contributed by atoms with E-state index in [1.165, 1.54) is 13.5 Å². The Labute approximate surface area is 113 Å². The topological polar surface area (TPSA) is 38.5 Å². The molecule has 19 heavy (non-hydrogen) atoms. The summed E-state index contributed by atoms with van der Waals surface area (Å²) in [5.41, 5.74) is 7.04. The number of nitrogens with two attached hydrogens (primary N) is 1. The third kappa shape index (κ3) is 2.54. The summed E-state index contributed by atoms with van der Waals surface area (Å²) in [6, 6.07) is 5.60. The normalized spacial score (nSPS) is 30.3. The Balaban J connectivity index is 1.78. The zero-order valence-electron chi connectivity index (χ0n) is 11.3. The summed E-state index contributed by atoms with van der Waals surface area (Å²) >= 11 is 0. The minimum atomic E-state index is -0.285. The SMILES string of the molecule is COc1ccc(N2CC3CC(N)CC(C3)C2)cc1F. The molecule has 4 heteroatoms. The number of halogens is 1. The van der Waals surface area contributed by atoms with Gasteiger partial charge in [-0.25, -0.2) is 4.39 Å². The van der Waals surface area contributed by atoms with Crippen LogP contribution in [0.25, 0.3) is 0 Å². The summed E-state index contributed by atoms with van der Waals surface area (Å²) < 4.78 is 18.8. The lowest BCUT2D eigenvalue weighted by Gasteiger charge is -2.44. The summed E-state index contributed by atoms with van der Waals surface area (Å²) in [5, 5.41) is 0. The van der Waals surface area contributed by atoms with Gasteiger partial charge in [-0.15, -0.1) is 0 Å². The summed E-state index contributed by atoms with van der Waals surface area (Å²) in [6.07, 6.45) is 3.49. The average Bonchev–Trinajstić information content (AvgIpc) is 2.37. The van der Waals surface area contributed by atoms with Gasteiger partial charge in [0.2, 0.25) is 0 Å². The lowest BCUT2D eigenvalue weighted by Crippen LogP contribution is -2.47. The van der Waals surface area contributed by atoms with Crippen molar-refractivity contribution in [2.45, 2.75) is 25.3 Å². The number of rotatable bonds is 2. The zero-order valence-corrected chi connectivity index (χ0v) is 11.3. The van der Waals surface area contributed by atoms with Crippen molar-refractivity contribution in [1.82, 2.24) is 0 Å². The minimum Gasteiger partial charge on any atom is -0.494 e. The molecule has 1 aromatic carbocycles. The van der Waals surface area contributed by atoms with Gasteiger partial charge in [-0.1, -0.05) is 0 Å². The molecule has 2 fully saturated rings. The van der Waals surface area contributed by atoms with Crippen molar-refractivity contribution in [2.75, 3.05) is 25.1 Å². The Kier molecular flexibility index (Phi) is 3.35. The van der Waals surface area contributed by atoms with Crippen LogP contribution in [0.3, 0.4) is 0 Å². The van der Waals surface area contributed by atoms with Gasteiger partial charge in [0, 0.05) is 30.9 Å². The van der Waals surface area contributed by atoms with Crippen LogP contribution in [0.1, 0.15) is 19.3 Å². The third-order valence-electron chi connectivity index (χ3n) is 4.40. The third-order valence-corrected chi connectivity index (χ3v) is 4.40. The Morgan fingerprint density at radius 1 is 1.21 bits per heavy atom. The smallest absolute Gasteiger partial charge is 0.167 e. The molecule has 1 aliphatic carbocycles. The maximum atomic E-state index is 13.8. The highest BCUT2D eigenvalue weighted by Gasteiger charge is 2.34. The van der Waals surface area contributed by atoms with Crippen molar-refractivity contribution in [3.63, 3.8) is 0 Å².